The van der Waals surface area contributed by atoms with Crippen molar-refractivity contribution in [2.75, 3.05) is 17.3 Å². The number of nitrogens with one attached hydrogen (secondary N) is 1. The third kappa shape index (κ3) is 4.59. The predicted molar refractivity (Wildman–Crippen MR) is 103 cm³/mol. The molecule has 0 saturated carbocycles. The number of thiazole rings is 1. The van der Waals surface area contributed by atoms with Crippen LogP contribution in [0.1, 0.15) is 5.56 Å². The first kappa shape index (κ1) is 17.9. The van der Waals surface area contributed by atoms with Gasteiger partial charge >= 0.3 is 0 Å². The van der Waals surface area contributed by atoms with Crippen LogP contribution in [0, 0.1) is 6.92 Å². The van der Waals surface area contributed by atoms with Crippen LogP contribution in [0.4, 0.5) is 5.13 Å². The zero-order chi connectivity index (χ0) is 18.0. The summed E-state index contributed by atoms with van der Waals surface area (Å²) in [5.41, 5.74) is 1.84. The van der Waals surface area contributed by atoms with Crippen LogP contribution in [0.25, 0.3) is 10.2 Å². The third-order valence-corrected chi connectivity index (χ3v) is 6.48. The molecule has 0 aliphatic rings. The first-order chi connectivity index (χ1) is 11.8. The molecular weight excluding hydrogens is 376 g/mol. The highest BCUT2D eigenvalue weighted by molar-refractivity contribution is 8.00. The summed E-state index contributed by atoms with van der Waals surface area (Å²) in [4.78, 5) is 17.7. The van der Waals surface area contributed by atoms with E-state index >= 15 is 0 Å². The lowest BCUT2D eigenvalue weighted by atomic mass is 10.2. The number of carbonyl (C=O) groups is 1. The number of aromatic nitrogens is 1. The summed E-state index contributed by atoms with van der Waals surface area (Å²) < 4.78 is 24.0. The Hall–Kier alpha value is -1.90. The van der Waals surface area contributed by atoms with Crippen molar-refractivity contribution in [1.29, 1.82) is 0 Å². The van der Waals surface area contributed by atoms with Gasteiger partial charge in [-0.15, -0.1) is 11.8 Å². The summed E-state index contributed by atoms with van der Waals surface area (Å²) in [6.45, 7) is 2.02. The fourth-order valence-electron chi connectivity index (χ4n) is 2.13. The minimum Gasteiger partial charge on any atom is -0.301 e. The number of hydrogen-bond donors (Lipinski definition) is 1. The Bertz CT molecular complexity index is 1020. The van der Waals surface area contributed by atoms with E-state index in [2.05, 4.69) is 10.3 Å². The van der Waals surface area contributed by atoms with Crippen molar-refractivity contribution in [2.45, 2.75) is 16.7 Å². The van der Waals surface area contributed by atoms with Gasteiger partial charge in [0.05, 0.1) is 20.9 Å². The maximum atomic E-state index is 12.1. The molecule has 1 aromatic heterocycles. The van der Waals surface area contributed by atoms with E-state index < -0.39 is 9.84 Å². The van der Waals surface area contributed by atoms with E-state index in [0.29, 0.717) is 10.6 Å². The molecule has 3 aromatic rings. The summed E-state index contributed by atoms with van der Waals surface area (Å²) >= 11 is 2.72. The number of anilines is 1. The highest BCUT2D eigenvalue weighted by Gasteiger charge is 2.12. The summed E-state index contributed by atoms with van der Waals surface area (Å²) in [6.07, 6.45) is 1.17. The van der Waals surface area contributed by atoms with Crippen LogP contribution in [0.3, 0.4) is 0 Å². The predicted octanol–water partition coefficient (Wildman–Crippen LogP) is 3.74. The zero-order valence-corrected chi connectivity index (χ0v) is 16.1. The summed E-state index contributed by atoms with van der Waals surface area (Å²) in [5, 5.41) is 3.24. The normalized spacial score (nSPS) is 11.6. The van der Waals surface area contributed by atoms with Crippen LogP contribution in [-0.4, -0.2) is 31.3 Å². The quantitative estimate of drug-likeness (QED) is 0.670. The van der Waals surface area contributed by atoms with Crippen LogP contribution < -0.4 is 5.32 Å². The van der Waals surface area contributed by atoms with Crippen molar-refractivity contribution in [1.82, 2.24) is 4.98 Å². The molecule has 2 aromatic carbocycles. The van der Waals surface area contributed by atoms with Gasteiger partial charge in [0.2, 0.25) is 5.91 Å². The van der Waals surface area contributed by atoms with Crippen molar-refractivity contribution >= 4 is 54.2 Å². The molecule has 0 unspecified atom stereocenters. The lowest BCUT2D eigenvalue weighted by Crippen LogP contribution is -2.13. The van der Waals surface area contributed by atoms with Gasteiger partial charge in [-0.05, 0) is 37.3 Å². The third-order valence-electron chi connectivity index (χ3n) is 3.43. The lowest BCUT2D eigenvalue weighted by Gasteiger charge is -2.02. The second-order valence-corrected chi connectivity index (χ2v) is 9.67. The molecular formula is C17H16N2O3S3. The number of fused-ring (bicyclic) bond motifs is 1. The number of benzene rings is 2. The van der Waals surface area contributed by atoms with Crippen molar-refractivity contribution in [2.24, 2.45) is 0 Å². The molecule has 5 nitrogen and oxygen atoms in total. The largest absolute Gasteiger partial charge is 0.301 e. The molecule has 3 rings (SSSR count). The molecule has 0 atom stereocenters. The summed E-state index contributed by atoms with van der Waals surface area (Å²) in [6, 6.07) is 12.7. The van der Waals surface area contributed by atoms with Gasteiger partial charge in [-0.3, -0.25) is 4.79 Å². The van der Waals surface area contributed by atoms with Crippen LogP contribution >= 0.6 is 23.1 Å². The molecule has 1 N–H and O–H groups in total. The Labute approximate surface area is 154 Å². The van der Waals surface area contributed by atoms with Gasteiger partial charge in [0.25, 0.3) is 0 Å². The van der Waals surface area contributed by atoms with Crippen molar-refractivity contribution < 1.29 is 13.2 Å². The Kier molecular flexibility index (Phi) is 5.12. The molecule has 25 heavy (non-hydrogen) atoms. The second-order valence-electron chi connectivity index (χ2n) is 5.57. The highest BCUT2D eigenvalue weighted by Crippen LogP contribution is 2.28. The average Bonchev–Trinajstić information content (AvgIpc) is 2.94. The molecule has 0 spiro atoms. The van der Waals surface area contributed by atoms with Crippen molar-refractivity contribution in [3.05, 3.63) is 48.0 Å². The SMILES string of the molecule is Cc1ccc(SCC(=O)Nc2nc3ccc(S(C)(=O)=O)cc3s2)cc1. The molecule has 1 amide bonds. The first-order valence-electron chi connectivity index (χ1n) is 7.41. The minimum absolute atomic E-state index is 0.145. The maximum absolute atomic E-state index is 12.1. The van der Waals surface area contributed by atoms with E-state index in [4.69, 9.17) is 0 Å². The molecule has 0 saturated heterocycles. The van der Waals surface area contributed by atoms with Gasteiger partial charge in [0.1, 0.15) is 0 Å². The van der Waals surface area contributed by atoms with Gasteiger partial charge < -0.3 is 5.32 Å². The number of aryl methyl sites for hydroxylation is 1. The van der Waals surface area contributed by atoms with E-state index in [9.17, 15) is 13.2 Å². The number of sulfone groups is 1. The average molecular weight is 393 g/mol. The van der Waals surface area contributed by atoms with E-state index in [1.807, 2.05) is 31.2 Å². The number of carbonyl (C=O) groups excluding carboxylic acids is 1. The molecule has 0 aliphatic heterocycles. The smallest absolute Gasteiger partial charge is 0.236 e. The Morgan fingerprint density at radius 1 is 1.20 bits per heavy atom. The topological polar surface area (TPSA) is 76.1 Å². The first-order valence-corrected chi connectivity index (χ1v) is 11.1. The maximum Gasteiger partial charge on any atom is 0.236 e. The van der Waals surface area contributed by atoms with E-state index in [1.165, 1.54) is 41.0 Å². The molecule has 0 aliphatic carbocycles. The molecule has 0 fully saturated rings. The number of rotatable bonds is 5. The Morgan fingerprint density at radius 3 is 2.60 bits per heavy atom. The van der Waals surface area contributed by atoms with Crippen LogP contribution in [0.2, 0.25) is 0 Å². The van der Waals surface area contributed by atoms with Gasteiger partial charge in [-0.25, -0.2) is 13.4 Å². The van der Waals surface area contributed by atoms with Gasteiger partial charge in [-0.2, -0.15) is 0 Å². The number of thioether (sulfide) groups is 1. The molecule has 8 heteroatoms. The second kappa shape index (κ2) is 7.15. The monoisotopic (exact) mass is 392 g/mol. The number of hydrogen-bond acceptors (Lipinski definition) is 6. The molecule has 0 radical (unpaired) electrons. The zero-order valence-electron chi connectivity index (χ0n) is 13.6. The highest BCUT2D eigenvalue weighted by atomic mass is 32.2. The summed E-state index contributed by atoms with van der Waals surface area (Å²) in [7, 11) is -3.26. The standard InChI is InChI=1S/C17H16N2O3S3/c1-11-3-5-12(6-4-11)23-10-16(20)19-17-18-14-8-7-13(25(2,21)22)9-15(14)24-17/h3-9H,10H2,1-2H3,(H,18,19,20). The van der Waals surface area contributed by atoms with Crippen LogP contribution in [-0.2, 0) is 14.6 Å². The Morgan fingerprint density at radius 2 is 1.92 bits per heavy atom. The summed E-state index contributed by atoms with van der Waals surface area (Å²) in [5.74, 6) is 0.140. The van der Waals surface area contributed by atoms with E-state index in [0.717, 1.165) is 9.60 Å². The molecule has 1 heterocycles. The van der Waals surface area contributed by atoms with Crippen LogP contribution in [0.5, 0.6) is 0 Å². The fourth-order valence-corrected chi connectivity index (χ4v) is 4.47. The molecule has 0 bridgehead atoms. The van der Waals surface area contributed by atoms with Gasteiger partial charge in [-0.1, -0.05) is 29.0 Å². The minimum atomic E-state index is -3.26. The molecule has 130 valence electrons. The van der Waals surface area contributed by atoms with Crippen molar-refractivity contribution in [3.63, 3.8) is 0 Å². The fraction of sp³-hybridized carbons (Fsp3) is 0.176. The van der Waals surface area contributed by atoms with E-state index in [1.54, 1.807) is 12.1 Å². The lowest BCUT2D eigenvalue weighted by molar-refractivity contribution is -0.113. The van der Waals surface area contributed by atoms with Gasteiger partial charge in [0.15, 0.2) is 15.0 Å². The van der Waals surface area contributed by atoms with Crippen molar-refractivity contribution in [3.8, 4) is 0 Å². The van der Waals surface area contributed by atoms with E-state index in [-0.39, 0.29) is 16.6 Å². The number of nitrogens with zero attached hydrogens (tertiary/aromatic N) is 1. The Balaban J connectivity index is 1.67. The van der Waals surface area contributed by atoms with Gasteiger partial charge in [0, 0.05) is 11.2 Å². The van der Waals surface area contributed by atoms with Crippen LogP contribution in [0.15, 0.2) is 52.3 Å². The number of amides is 1.